The van der Waals surface area contributed by atoms with Gasteiger partial charge in [0.15, 0.2) is 5.82 Å². The molecule has 1 aliphatic rings. The van der Waals surface area contributed by atoms with Crippen molar-refractivity contribution in [3.63, 3.8) is 0 Å². The summed E-state index contributed by atoms with van der Waals surface area (Å²) in [5.74, 6) is 1.25. The summed E-state index contributed by atoms with van der Waals surface area (Å²) in [6.45, 7) is 9.24. The Morgan fingerprint density at radius 1 is 1.08 bits per heavy atom. The summed E-state index contributed by atoms with van der Waals surface area (Å²) in [7, 11) is 0. The lowest BCUT2D eigenvalue weighted by molar-refractivity contribution is -0.671. The Morgan fingerprint density at radius 3 is 2.49 bits per heavy atom. The van der Waals surface area contributed by atoms with Crippen molar-refractivity contribution in [3.05, 3.63) is 92.4 Å². The molecule has 1 N–H and O–H groups in total. The van der Waals surface area contributed by atoms with Crippen LogP contribution in [0.15, 0.2) is 69.0 Å². The Labute approximate surface area is 233 Å². The molecular weight excluding hydrogens is 510 g/mol. The molecule has 0 saturated carbocycles. The molecule has 0 amide bonds. The van der Waals surface area contributed by atoms with E-state index in [9.17, 15) is 4.79 Å². The van der Waals surface area contributed by atoms with E-state index >= 15 is 0 Å². The maximum Gasteiger partial charge on any atom is 0.436 e. The van der Waals surface area contributed by atoms with Crippen LogP contribution < -0.4 is 10.3 Å². The number of rotatable bonds is 9. The highest BCUT2D eigenvalue weighted by Crippen LogP contribution is 2.25. The second kappa shape index (κ2) is 12.0. The molecule has 1 fully saturated rings. The van der Waals surface area contributed by atoms with Crippen molar-refractivity contribution in [1.29, 1.82) is 0 Å². The summed E-state index contributed by atoms with van der Waals surface area (Å²) >= 11 is 5.88. The molecule has 204 valence electrons. The largest absolute Gasteiger partial charge is 0.436 e. The van der Waals surface area contributed by atoms with Gasteiger partial charge in [-0.2, -0.15) is 14.9 Å². The van der Waals surface area contributed by atoms with Crippen molar-refractivity contribution < 1.29 is 9.20 Å². The summed E-state index contributed by atoms with van der Waals surface area (Å²) in [5.41, 5.74) is 2.93. The van der Waals surface area contributed by atoms with E-state index in [0.29, 0.717) is 17.4 Å². The number of hydrogen-bond acceptors (Lipinski definition) is 6. The van der Waals surface area contributed by atoms with Gasteiger partial charge in [-0.05, 0) is 71.6 Å². The van der Waals surface area contributed by atoms with Gasteiger partial charge < -0.3 is 0 Å². The molecule has 0 aliphatic carbocycles. The van der Waals surface area contributed by atoms with E-state index in [1.165, 1.54) is 31.0 Å². The highest BCUT2D eigenvalue weighted by atomic mass is 32.1. The number of nitrogens with zero attached hydrogens (tertiary/aromatic N) is 6. The average Bonchev–Trinajstić information content (AvgIpc) is 3.47. The zero-order valence-electron chi connectivity index (χ0n) is 22.8. The first kappa shape index (κ1) is 27.0. The lowest BCUT2D eigenvalue weighted by atomic mass is 9.96. The van der Waals surface area contributed by atoms with E-state index < -0.39 is 5.63 Å². The normalized spacial score (nSPS) is 15.4. The fraction of sp³-hybridized carbons (Fsp3) is 0.414. The van der Waals surface area contributed by atoms with Gasteiger partial charge in [-0.1, -0.05) is 69.7 Å². The summed E-state index contributed by atoms with van der Waals surface area (Å²) in [6.07, 6.45) is 6.15. The van der Waals surface area contributed by atoms with Crippen LogP contribution >= 0.6 is 12.2 Å². The Kier molecular flexibility index (Phi) is 8.33. The third-order valence-electron chi connectivity index (χ3n) is 7.13. The standard InChI is InChI=1S/C29H35N7O2S/c1-21(2)18-23-12-14-24(15-13-23)22(3)27-31-34(20-33-16-8-5-9-17-33)29(39)36(27)30-19-26-28(37)38-32-35(26)25-10-6-4-7-11-25/h4,6-7,10-15,19,21-22H,5,8-9,16-18,20H2,1-3H3/p+1. The Balaban J connectivity index is 1.52. The van der Waals surface area contributed by atoms with Crippen LogP contribution in [0, 0.1) is 10.7 Å². The molecule has 2 aromatic heterocycles. The van der Waals surface area contributed by atoms with Crippen molar-refractivity contribution in [3.8, 4) is 5.69 Å². The van der Waals surface area contributed by atoms with E-state index in [1.807, 2.05) is 35.0 Å². The van der Waals surface area contributed by atoms with Gasteiger partial charge in [-0.3, -0.25) is 9.42 Å². The number of para-hydroxylation sites is 1. The van der Waals surface area contributed by atoms with Crippen molar-refractivity contribution in [2.45, 2.75) is 59.0 Å². The van der Waals surface area contributed by atoms with E-state index in [4.69, 9.17) is 26.9 Å². The molecule has 4 aromatic rings. The second-order valence-electron chi connectivity index (χ2n) is 10.6. The number of piperidine rings is 1. The molecule has 3 heterocycles. The minimum atomic E-state index is -0.523. The minimum Gasteiger partial charge on any atom is -0.284 e. The van der Waals surface area contributed by atoms with Crippen molar-refractivity contribution >= 4 is 18.4 Å². The number of benzene rings is 2. The predicted molar refractivity (Wildman–Crippen MR) is 153 cm³/mol. The molecule has 0 spiro atoms. The third kappa shape index (κ3) is 6.17. The van der Waals surface area contributed by atoms with Crippen LogP contribution in [0.25, 0.3) is 5.69 Å². The minimum absolute atomic E-state index is 0.0663. The van der Waals surface area contributed by atoms with Gasteiger partial charge in [0.1, 0.15) is 6.21 Å². The molecule has 2 aromatic carbocycles. The lowest BCUT2D eigenvalue weighted by Crippen LogP contribution is -2.38. The van der Waals surface area contributed by atoms with Crippen LogP contribution in [0.2, 0.25) is 0 Å². The highest BCUT2D eigenvalue weighted by Gasteiger charge is 2.24. The SMILES string of the molecule is CC(C)Cc1ccc(C(C)c2nn(CN3CCCCC3)c(=S)n2/N=C/c2c(=O)o[nH][n+]2-c2ccccc2)cc1. The zero-order chi connectivity index (χ0) is 27.4. The first-order chi connectivity index (χ1) is 18.9. The molecular formula is C29H36N7O2S+. The fourth-order valence-corrected chi connectivity index (χ4v) is 5.25. The van der Waals surface area contributed by atoms with Gasteiger partial charge in [-0.25, -0.2) is 9.48 Å². The molecule has 1 saturated heterocycles. The van der Waals surface area contributed by atoms with Crippen molar-refractivity contribution in [1.82, 2.24) is 24.6 Å². The molecule has 9 nitrogen and oxygen atoms in total. The molecule has 1 aliphatic heterocycles. The van der Waals surface area contributed by atoms with E-state index in [0.717, 1.165) is 36.6 Å². The van der Waals surface area contributed by atoms with Crippen molar-refractivity contribution in [2.75, 3.05) is 13.1 Å². The van der Waals surface area contributed by atoms with Crippen LogP contribution in [0.4, 0.5) is 0 Å². The second-order valence-corrected chi connectivity index (χ2v) is 11.0. The van der Waals surface area contributed by atoms with Gasteiger partial charge >= 0.3 is 11.3 Å². The van der Waals surface area contributed by atoms with Crippen LogP contribution in [0.5, 0.6) is 0 Å². The first-order valence-corrected chi connectivity index (χ1v) is 14.1. The van der Waals surface area contributed by atoms with Crippen LogP contribution in [-0.2, 0) is 13.1 Å². The quantitative estimate of drug-likeness (QED) is 0.188. The summed E-state index contributed by atoms with van der Waals surface area (Å²) in [5, 5.41) is 12.3. The topological polar surface area (TPSA) is 88.2 Å². The lowest BCUT2D eigenvalue weighted by Gasteiger charge is -2.25. The Bertz CT molecular complexity index is 1520. The highest BCUT2D eigenvalue weighted by molar-refractivity contribution is 7.71. The maximum atomic E-state index is 12.6. The van der Waals surface area contributed by atoms with Crippen LogP contribution in [0.3, 0.4) is 0 Å². The van der Waals surface area contributed by atoms with Crippen LogP contribution in [0.1, 0.15) is 68.6 Å². The Morgan fingerprint density at radius 2 is 1.79 bits per heavy atom. The van der Waals surface area contributed by atoms with Gasteiger partial charge in [0.05, 0.1) is 6.67 Å². The number of hydrogen-bond donors (Lipinski definition) is 1. The van der Waals surface area contributed by atoms with Gasteiger partial charge in [0.2, 0.25) is 10.5 Å². The average molecular weight is 547 g/mol. The first-order valence-electron chi connectivity index (χ1n) is 13.6. The monoisotopic (exact) mass is 546 g/mol. The number of aromatic amines is 1. The molecule has 10 heteroatoms. The molecule has 0 bridgehead atoms. The number of H-pyrrole nitrogens is 1. The fourth-order valence-electron chi connectivity index (χ4n) is 5.01. The molecule has 1 atom stereocenters. The van der Waals surface area contributed by atoms with Crippen LogP contribution in [-0.4, -0.2) is 43.9 Å². The predicted octanol–water partition coefficient (Wildman–Crippen LogP) is 4.65. The summed E-state index contributed by atoms with van der Waals surface area (Å²) < 4.78 is 10.7. The molecule has 5 rings (SSSR count). The number of likely N-dealkylation sites (tertiary alicyclic amines) is 1. The van der Waals surface area contributed by atoms with Gasteiger partial charge in [0.25, 0.3) is 0 Å². The number of nitrogens with one attached hydrogen (secondary N) is 1. The molecule has 0 radical (unpaired) electrons. The van der Waals surface area contributed by atoms with E-state index in [2.05, 4.69) is 55.2 Å². The maximum absolute atomic E-state index is 12.6. The van der Waals surface area contributed by atoms with Crippen molar-refractivity contribution in [2.24, 2.45) is 11.0 Å². The molecule has 1 unspecified atom stereocenters. The summed E-state index contributed by atoms with van der Waals surface area (Å²) in [4.78, 5) is 14.9. The smallest absolute Gasteiger partial charge is 0.284 e. The van der Waals surface area contributed by atoms with Gasteiger partial charge in [0, 0.05) is 18.1 Å². The Hall–Kier alpha value is -3.63. The van der Waals surface area contributed by atoms with Gasteiger partial charge in [-0.15, -0.1) is 0 Å². The number of aromatic nitrogens is 5. The van der Waals surface area contributed by atoms with E-state index in [1.54, 1.807) is 9.36 Å². The van der Waals surface area contributed by atoms with E-state index in [-0.39, 0.29) is 11.6 Å². The zero-order valence-corrected chi connectivity index (χ0v) is 23.6. The molecule has 39 heavy (non-hydrogen) atoms. The third-order valence-corrected chi connectivity index (χ3v) is 7.51. The summed E-state index contributed by atoms with van der Waals surface area (Å²) in [6, 6.07) is 18.1.